The van der Waals surface area contributed by atoms with Crippen LogP contribution in [0.2, 0.25) is 0 Å². The van der Waals surface area contributed by atoms with Crippen LogP contribution in [0.5, 0.6) is 5.75 Å². The van der Waals surface area contributed by atoms with Gasteiger partial charge in [-0.25, -0.2) is 4.98 Å². The van der Waals surface area contributed by atoms with E-state index in [-0.39, 0.29) is 105 Å². The van der Waals surface area contributed by atoms with Crippen molar-refractivity contribution in [3.8, 4) is 5.75 Å². The first kappa shape index (κ1) is 58.4. The van der Waals surface area contributed by atoms with E-state index in [1.54, 1.807) is 24.1 Å². The molecule has 1 aliphatic rings. The van der Waals surface area contributed by atoms with E-state index in [0.29, 0.717) is 30.0 Å². The number of carbonyl (C=O) groups is 7. The van der Waals surface area contributed by atoms with Crippen molar-refractivity contribution in [2.24, 2.45) is 17.8 Å². The van der Waals surface area contributed by atoms with E-state index in [2.05, 4.69) is 42.2 Å². The number of hydrogen-bond donors (Lipinski definition) is 6. The zero-order chi connectivity index (χ0) is 51.2. The number of carboxylic acids is 1. The molecule has 0 aliphatic carbocycles. The lowest BCUT2D eigenvalue weighted by Crippen LogP contribution is -2.58. The number of amides is 5. The number of carboxylic acid groups (broad SMARTS) is 1. The number of phenolic OH excluding ortho intramolecular Hbond substituents is 1. The molecule has 384 valence electrons. The number of phenols is 1. The highest BCUT2D eigenvalue weighted by Crippen LogP contribution is 2.32. The number of hydrogen-bond acceptors (Lipinski definition) is 14. The molecule has 5 amide bonds. The Labute approximate surface area is 418 Å². The molecule has 1 saturated heterocycles. The monoisotopic (exact) mass is 1050 g/mol. The van der Waals surface area contributed by atoms with Crippen LogP contribution in [0.25, 0.3) is 0 Å². The van der Waals surface area contributed by atoms with Crippen LogP contribution in [0.3, 0.4) is 0 Å². The highest BCUT2D eigenvalue weighted by atomic mass is 79.9. The van der Waals surface area contributed by atoms with Crippen molar-refractivity contribution in [3.63, 3.8) is 0 Å². The number of likely N-dealkylation sites (tertiary alicyclic amines) is 1. The second-order valence-corrected chi connectivity index (χ2v) is 19.3. The minimum Gasteiger partial charge on any atom is -0.506 e. The van der Waals surface area contributed by atoms with Gasteiger partial charge in [0, 0.05) is 50.5 Å². The molecule has 6 N–H and O–H groups in total. The summed E-state index contributed by atoms with van der Waals surface area (Å²) in [7, 11) is 3.61. The molecule has 1 aliphatic heterocycles. The maximum atomic E-state index is 14.3. The van der Waals surface area contributed by atoms with Gasteiger partial charge in [-0.1, -0.05) is 69.5 Å². The lowest BCUT2D eigenvalue weighted by atomic mass is 9.92. The quantitative estimate of drug-likeness (QED) is 0.0266. The molecule has 2 aromatic rings. The van der Waals surface area contributed by atoms with Gasteiger partial charge >= 0.3 is 11.9 Å². The van der Waals surface area contributed by atoms with E-state index in [1.807, 2.05) is 39.6 Å². The summed E-state index contributed by atoms with van der Waals surface area (Å²) in [5, 5.41) is 33.5. The van der Waals surface area contributed by atoms with Crippen molar-refractivity contribution in [1.82, 2.24) is 30.7 Å². The molecule has 1 fully saturated rings. The smallest absolute Gasteiger partial charge is 0.306 e. The fourth-order valence-corrected chi connectivity index (χ4v) is 8.97. The van der Waals surface area contributed by atoms with E-state index in [9.17, 15) is 43.8 Å². The van der Waals surface area contributed by atoms with Crippen LogP contribution in [0.4, 0.5) is 5.69 Å². The maximum Gasteiger partial charge on any atom is 0.306 e. The Morgan fingerprint density at radius 1 is 1.01 bits per heavy atom. The third kappa shape index (κ3) is 19.8. The van der Waals surface area contributed by atoms with Gasteiger partial charge in [-0.15, -0.1) is 11.3 Å². The third-order valence-electron chi connectivity index (χ3n) is 12.1. The number of nitrogens with one attached hydrogen (secondary N) is 4. The number of benzene rings is 1. The van der Waals surface area contributed by atoms with Gasteiger partial charge in [0.25, 0.3) is 5.91 Å². The molecule has 3 rings (SSSR count). The Balaban J connectivity index is 1.71. The Kier molecular flexibility index (Phi) is 25.3. The predicted molar refractivity (Wildman–Crippen MR) is 265 cm³/mol. The van der Waals surface area contributed by atoms with Crippen LogP contribution in [-0.4, -0.2) is 144 Å². The molecule has 0 saturated carbocycles. The summed E-state index contributed by atoms with van der Waals surface area (Å²) in [4.78, 5) is 100.0. The summed E-state index contributed by atoms with van der Waals surface area (Å²) in [6.45, 7) is 12.6. The zero-order valence-electron chi connectivity index (χ0n) is 41.1. The molecular weight excluding hydrogens is 979 g/mol. The number of halogens is 1. The molecule has 1 aromatic heterocycles. The molecule has 1 aromatic carbocycles. The number of esters is 1. The number of anilines is 1. The van der Waals surface area contributed by atoms with Crippen LogP contribution in [-0.2, 0) is 49.4 Å². The van der Waals surface area contributed by atoms with E-state index in [0.717, 1.165) is 30.7 Å². The Morgan fingerprint density at radius 2 is 1.72 bits per heavy atom. The van der Waals surface area contributed by atoms with E-state index < -0.39 is 53.9 Å². The lowest BCUT2D eigenvalue weighted by molar-refractivity contribution is -0.149. The molecule has 21 heteroatoms. The Bertz CT molecular complexity index is 2050. The number of ether oxygens (including phenoxy) is 3. The van der Waals surface area contributed by atoms with Crippen molar-refractivity contribution >= 4 is 74.4 Å². The highest BCUT2D eigenvalue weighted by molar-refractivity contribution is 9.11. The maximum absolute atomic E-state index is 14.3. The normalized spacial score (nSPS) is 16.7. The fraction of sp³-hybridized carbons (Fsp3) is 0.625. The molecule has 0 bridgehead atoms. The van der Waals surface area contributed by atoms with Crippen LogP contribution in [0, 0.1) is 17.8 Å². The Hall–Kier alpha value is -4.96. The number of aromatic nitrogens is 1. The van der Waals surface area contributed by atoms with Gasteiger partial charge < -0.3 is 50.6 Å². The van der Waals surface area contributed by atoms with Gasteiger partial charge in [0.1, 0.15) is 22.5 Å². The van der Waals surface area contributed by atoms with Crippen LogP contribution in [0.1, 0.15) is 114 Å². The van der Waals surface area contributed by atoms with Crippen molar-refractivity contribution in [1.29, 1.82) is 0 Å². The molecule has 19 nitrogen and oxygen atoms in total. The number of carbonyl (C=O) groups excluding carboxylic acids is 6. The fourth-order valence-electron chi connectivity index (χ4n) is 7.90. The van der Waals surface area contributed by atoms with Gasteiger partial charge in [0.15, 0.2) is 6.10 Å². The van der Waals surface area contributed by atoms with Crippen molar-refractivity contribution in [2.75, 3.05) is 58.9 Å². The van der Waals surface area contributed by atoms with E-state index in [1.165, 1.54) is 36.4 Å². The number of thiazole rings is 1. The van der Waals surface area contributed by atoms with Gasteiger partial charge in [-0.3, -0.25) is 38.5 Å². The van der Waals surface area contributed by atoms with Crippen molar-refractivity contribution < 1.29 is 58.0 Å². The predicted octanol–water partition coefficient (Wildman–Crippen LogP) is 5.18. The summed E-state index contributed by atoms with van der Waals surface area (Å²) < 4.78 is 16.7. The summed E-state index contributed by atoms with van der Waals surface area (Å²) >= 11 is 4.13. The van der Waals surface area contributed by atoms with Gasteiger partial charge in [0.2, 0.25) is 23.6 Å². The summed E-state index contributed by atoms with van der Waals surface area (Å²) in [6.07, 6.45) is 4.01. The first-order valence-electron chi connectivity index (χ1n) is 23.5. The molecular formula is C48H72BrN7O12S. The SMILES string of the molecule is CCC(C)C(NC(=O)[C@H]1CCCCN1C)C(=O)N(C)C(CC(OC(C)=O)c1nc(C(=O)NC(Cc2ccc(O)c(NC(=O)CCOCCOCCNC(=O)/C=C/Br)c2)CC(C)C(=O)O)cs1)C(C)C. The van der Waals surface area contributed by atoms with E-state index in [4.69, 9.17) is 14.2 Å². The second kappa shape index (κ2) is 29.9. The minimum absolute atomic E-state index is 0.0114. The number of nitrogens with zero attached hydrogens (tertiary/aromatic N) is 3. The summed E-state index contributed by atoms with van der Waals surface area (Å²) in [6, 6.07) is 2.25. The molecule has 2 heterocycles. The molecule has 0 spiro atoms. The molecule has 6 unspecified atom stereocenters. The Morgan fingerprint density at radius 3 is 2.36 bits per heavy atom. The first-order chi connectivity index (χ1) is 32.7. The van der Waals surface area contributed by atoms with Gasteiger partial charge in [0.05, 0.1) is 50.5 Å². The molecule has 69 heavy (non-hydrogen) atoms. The van der Waals surface area contributed by atoms with Crippen LogP contribution in [0.15, 0.2) is 34.6 Å². The number of piperidine rings is 1. The molecule has 0 radical (unpaired) electrons. The van der Waals surface area contributed by atoms with Crippen LogP contribution < -0.4 is 21.3 Å². The lowest BCUT2D eigenvalue weighted by Gasteiger charge is -2.38. The molecule has 7 atom stereocenters. The summed E-state index contributed by atoms with van der Waals surface area (Å²) in [5.74, 6) is -4.69. The largest absolute Gasteiger partial charge is 0.506 e. The second-order valence-electron chi connectivity index (χ2n) is 17.8. The first-order valence-corrected chi connectivity index (χ1v) is 25.3. The minimum atomic E-state index is -1.06. The number of aliphatic carboxylic acids is 1. The average molecular weight is 1050 g/mol. The summed E-state index contributed by atoms with van der Waals surface area (Å²) in [5.41, 5.74) is 0.717. The standard InChI is InChI=1S/C48H72BrN7O12S/c1-9-30(4)43(54-45(62)37-12-10-11-19-55(37)7)47(63)56(8)38(29(2)3)27-40(68-32(6)57)46-53-36(28-69-46)44(61)51-34(24-31(5)48(64)65)25-33-13-14-39(58)35(26-33)52-42(60)16-20-66-22-23-67-21-18-50-41(59)15-17-49/h13-15,17,26,28-31,34,37-38,40,43,58H,9-12,16,18-25,27H2,1-8H3,(H,50,59)(H,51,61)(H,52,60)(H,54,62)(H,64,65)/b17-15+/t30?,31?,34?,37-,38?,40?,43?/m1/s1. The third-order valence-corrected chi connectivity index (χ3v) is 13.3. The van der Waals surface area contributed by atoms with Gasteiger partial charge in [-0.05, 0) is 73.8 Å². The van der Waals surface area contributed by atoms with Crippen LogP contribution >= 0.6 is 27.3 Å². The highest BCUT2D eigenvalue weighted by Gasteiger charge is 2.37. The zero-order valence-corrected chi connectivity index (χ0v) is 43.5. The van der Waals surface area contributed by atoms with Crippen molar-refractivity contribution in [3.05, 3.63) is 50.9 Å². The topological polar surface area (TPSA) is 255 Å². The number of likely N-dealkylation sites (N-methyl/N-ethyl adjacent to an activating group) is 2. The van der Waals surface area contributed by atoms with E-state index >= 15 is 0 Å². The van der Waals surface area contributed by atoms with Crippen molar-refractivity contribution in [2.45, 2.75) is 123 Å². The average Bonchev–Trinajstić information content (AvgIpc) is 3.80. The number of rotatable bonds is 29. The van der Waals surface area contributed by atoms with Gasteiger partial charge in [-0.2, -0.15) is 0 Å². The number of aromatic hydroxyl groups is 1.